The fourth-order valence-corrected chi connectivity index (χ4v) is 2.77. The number of benzene rings is 1. The van der Waals surface area contributed by atoms with Crippen LogP contribution in [0.1, 0.15) is 52.5 Å². The van der Waals surface area contributed by atoms with Crippen molar-refractivity contribution >= 4 is 18.4 Å². The number of carbonyl (C=O) groups excluding carboxylic acids is 1. The third-order valence-electron chi connectivity index (χ3n) is 4.18. The SMILES string of the molecule is COC(=O)c1cc(-c2n[nH]c(C)n2)c(C2CCC2)cc1C.Cl. The Balaban J connectivity index is 0.00000176. The molecule has 0 bridgehead atoms. The summed E-state index contributed by atoms with van der Waals surface area (Å²) in [5, 5.41) is 7.12. The number of ether oxygens (including phenoxy) is 1. The smallest absolute Gasteiger partial charge is 0.338 e. The van der Waals surface area contributed by atoms with Crippen molar-refractivity contribution in [2.75, 3.05) is 7.11 Å². The Kier molecular flexibility index (Phi) is 4.86. The lowest BCUT2D eigenvalue weighted by Gasteiger charge is -2.28. The molecule has 0 aliphatic heterocycles. The molecule has 1 fully saturated rings. The molecule has 1 aliphatic rings. The molecule has 1 saturated carbocycles. The molecule has 3 rings (SSSR count). The number of methoxy groups -OCH3 is 1. The number of nitrogens with zero attached hydrogens (tertiary/aromatic N) is 2. The second kappa shape index (κ2) is 6.48. The molecule has 1 aromatic carbocycles. The number of nitrogens with one attached hydrogen (secondary N) is 1. The van der Waals surface area contributed by atoms with E-state index in [4.69, 9.17) is 4.74 Å². The van der Waals surface area contributed by atoms with Gasteiger partial charge in [-0.05, 0) is 49.8 Å². The van der Waals surface area contributed by atoms with E-state index in [1.807, 2.05) is 19.9 Å². The molecular formula is C16H20ClN3O2. The largest absolute Gasteiger partial charge is 0.465 e. The topological polar surface area (TPSA) is 67.9 Å². The third kappa shape index (κ3) is 2.86. The number of H-pyrrole nitrogens is 1. The maximum Gasteiger partial charge on any atom is 0.338 e. The van der Waals surface area contributed by atoms with Crippen molar-refractivity contribution in [3.63, 3.8) is 0 Å². The summed E-state index contributed by atoms with van der Waals surface area (Å²) in [6.45, 7) is 3.82. The van der Waals surface area contributed by atoms with Crippen molar-refractivity contribution in [1.82, 2.24) is 15.2 Å². The molecule has 0 unspecified atom stereocenters. The number of carbonyl (C=O) groups is 1. The highest BCUT2D eigenvalue weighted by Gasteiger charge is 2.26. The van der Waals surface area contributed by atoms with Gasteiger partial charge in [-0.1, -0.05) is 12.5 Å². The lowest BCUT2D eigenvalue weighted by Crippen LogP contribution is -2.13. The first-order chi connectivity index (χ1) is 10.1. The summed E-state index contributed by atoms with van der Waals surface area (Å²) in [5.74, 6) is 1.65. The summed E-state index contributed by atoms with van der Waals surface area (Å²) in [7, 11) is 1.40. The lowest BCUT2D eigenvalue weighted by molar-refractivity contribution is 0.0600. The van der Waals surface area contributed by atoms with E-state index in [-0.39, 0.29) is 18.4 Å². The van der Waals surface area contributed by atoms with Crippen LogP contribution in [0.3, 0.4) is 0 Å². The monoisotopic (exact) mass is 321 g/mol. The van der Waals surface area contributed by atoms with Crippen molar-refractivity contribution in [3.05, 3.63) is 34.6 Å². The minimum Gasteiger partial charge on any atom is -0.465 e. The summed E-state index contributed by atoms with van der Waals surface area (Å²) in [6, 6.07) is 3.97. The van der Waals surface area contributed by atoms with Gasteiger partial charge in [-0.2, -0.15) is 5.10 Å². The summed E-state index contributed by atoms with van der Waals surface area (Å²) in [5.41, 5.74) is 3.71. The zero-order valence-corrected chi connectivity index (χ0v) is 13.8. The first-order valence-electron chi connectivity index (χ1n) is 7.22. The number of aromatic nitrogens is 3. The lowest BCUT2D eigenvalue weighted by atomic mass is 9.77. The second-order valence-corrected chi connectivity index (χ2v) is 5.62. The normalized spacial score (nSPS) is 14.1. The van der Waals surface area contributed by atoms with Gasteiger partial charge < -0.3 is 4.74 Å². The van der Waals surface area contributed by atoms with Crippen molar-refractivity contribution in [2.45, 2.75) is 39.0 Å². The number of aryl methyl sites for hydroxylation is 2. The Labute approximate surface area is 135 Å². The fourth-order valence-electron chi connectivity index (χ4n) is 2.77. The molecule has 1 heterocycles. The first kappa shape index (κ1) is 16.5. The van der Waals surface area contributed by atoms with Crippen LogP contribution in [0.4, 0.5) is 0 Å². The van der Waals surface area contributed by atoms with Gasteiger partial charge in [0.15, 0.2) is 5.82 Å². The van der Waals surface area contributed by atoms with Crippen LogP contribution in [-0.2, 0) is 4.74 Å². The van der Waals surface area contributed by atoms with E-state index >= 15 is 0 Å². The van der Waals surface area contributed by atoms with Gasteiger partial charge in [0, 0.05) is 5.56 Å². The minimum atomic E-state index is -0.318. The molecule has 0 atom stereocenters. The molecule has 1 aliphatic carbocycles. The molecule has 0 radical (unpaired) electrons. The van der Waals surface area contributed by atoms with Gasteiger partial charge in [-0.3, -0.25) is 5.10 Å². The van der Waals surface area contributed by atoms with Crippen molar-refractivity contribution < 1.29 is 9.53 Å². The van der Waals surface area contributed by atoms with Gasteiger partial charge in [-0.25, -0.2) is 9.78 Å². The van der Waals surface area contributed by atoms with E-state index < -0.39 is 0 Å². The number of halogens is 1. The Morgan fingerprint density at radius 1 is 1.32 bits per heavy atom. The van der Waals surface area contributed by atoms with E-state index in [2.05, 4.69) is 21.2 Å². The molecule has 0 saturated heterocycles. The fraction of sp³-hybridized carbons (Fsp3) is 0.438. The van der Waals surface area contributed by atoms with Crippen LogP contribution >= 0.6 is 12.4 Å². The summed E-state index contributed by atoms with van der Waals surface area (Å²) in [4.78, 5) is 16.3. The molecule has 22 heavy (non-hydrogen) atoms. The summed E-state index contributed by atoms with van der Waals surface area (Å²) < 4.78 is 4.87. The van der Waals surface area contributed by atoms with Crippen molar-refractivity contribution in [3.8, 4) is 11.4 Å². The van der Waals surface area contributed by atoms with E-state index in [0.29, 0.717) is 17.3 Å². The van der Waals surface area contributed by atoms with Gasteiger partial charge in [0.2, 0.25) is 0 Å². The molecule has 0 spiro atoms. The zero-order valence-electron chi connectivity index (χ0n) is 13.0. The zero-order chi connectivity index (χ0) is 15.0. The number of hydrogen-bond donors (Lipinski definition) is 1. The molecule has 0 amide bonds. The Morgan fingerprint density at radius 3 is 2.55 bits per heavy atom. The Morgan fingerprint density at radius 2 is 2.05 bits per heavy atom. The van der Waals surface area contributed by atoms with E-state index in [1.165, 1.54) is 31.9 Å². The van der Waals surface area contributed by atoms with Gasteiger partial charge in [0.05, 0.1) is 12.7 Å². The van der Waals surface area contributed by atoms with Crippen LogP contribution < -0.4 is 0 Å². The molecule has 1 aromatic heterocycles. The van der Waals surface area contributed by atoms with Gasteiger partial charge in [-0.15, -0.1) is 12.4 Å². The van der Waals surface area contributed by atoms with Gasteiger partial charge >= 0.3 is 5.97 Å². The third-order valence-corrected chi connectivity index (χ3v) is 4.18. The Hall–Kier alpha value is -1.88. The average molecular weight is 322 g/mol. The number of rotatable bonds is 3. The predicted octanol–water partition coefficient (Wildman–Crippen LogP) is 3.56. The second-order valence-electron chi connectivity index (χ2n) is 5.62. The maximum absolute atomic E-state index is 11.9. The van der Waals surface area contributed by atoms with Gasteiger partial charge in [0.1, 0.15) is 5.82 Å². The highest BCUT2D eigenvalue weighted by Crippen LogP contribution is 2.41. The quantitative estimate of drug-likeness (QED) is 0.878. The first-order valence-corrected chi connectivity index (χ1v) is 7.22. The molecule has 118 valence electrons. The van der Waals surface area contributed by atoms with Crippen LogP contribution in [0.5, 0.6) is 0 Å². The number of aromatic amines is 1. The minimum absolute atomic E-state index is 0. The van der Waals surface area contributed by atoms with Crippen LogP contribution in [0.25, 0.3) is 11.4 Å². The number of hydrogen-bond acceptors (Lipinski definition) is 4. The van der Waals surface area contributed by atoms with Gasteiger partial charge in [0.25, 0.3) is 0 Å². The molecular weight excluding hydrogens is 302 g/mol. The van der Waals surface area contributed by atoms with E-state index in [1.54, 1.807) is 0 Å². The maximum atomic E-state index is 11.9. The highest BCUT2D eigenvalue weighted by atomic mass is 35.5. The van der Waals surface area contributed by atoms with Crippen LogP contribution in [0.2, 0.25) is 0 Å². The van der Waals surface area contributed by atoms with Crippen LogP contribution in [0.15, 0.2) is 12.1 Å². The molecule has 2 aromatic rings. The summed E-state index contributed by atoms with van der Waals surface area (Å²) >= 11 is 0. The van der Waals surface area contributed by atoms with E-state index in [9.17, 15) is 4.79 Å². The van der Waals surface area contributed by atoms with Crippen molar-refractivity contribution in [1.29, 1.82) is 0 Å². The molecule has 6 heteroatoms. The highest BCUT2D eigenvalue weighted by molar-refractivity contribution is 5.92. The molecule has 1 N–H and O–H groups in total. The number of esters is 1. The Bertz CT molecular complexity index is 693. The standard InChI is InChI=1S/C16H19N3O2.ClH/c1-9-7-13(11-5-4-6-11)14(8-12(9)16(20)21-3)15-17-10(2)18-19-15;/h7-8,11H,4-6H2,1-3H3,(H,17,18,19);1H. The average Bonchev–Trinajstić information content (AvgIpc) is 2.83. The molecule has 5 nitrogen and oxygen atoms in total. The van der Waals surface area contributed by atoms with Crippen molar-refractivity contribution in [2.24, 2.45) is 0 Å². The predicted molar refractivity (Wildman–Crippen MR) is 86.5 cm³/mol. The van der Waals surface area contributed by atoms with Crippen LogP contribution in [-0.4, -0.2) is 28.3 Å². The van der Waals surface area contributed by atoms with Crippen LogP contribution in [0, 0.1) is 13.8 Å². The summed E-state index contributed by atoms with van der Waals surface area (Å²) in [6.07, 6.45) is 3.63. The van der Waals surface area contributed by atoms with E-state index in [0.717, 1.165) is 17.0 Å².